The maximum Gasteiger partial charge on any atom is 0.319 e. The second-order valence-electron chi connectivity index (χ2n) is 6.29. The van der Waals surface area contributed by atoms with E-state index in [0.717, 1.165) is 34.7 Å². The first kappa shape index (κ1) is 17.8. The molecule has 0 radical (unpaired) electrons. The second-order valence-corrected chi connectivity index (χ2v) is 7.17. The zero-order valence-corrected chi connectivity index (χ0v) is 15.6. The molecule has 0 saturated carbocycles. The van der Waals surface area contributed by atoms with E-state index in [1.165, 1.54) is 0 Å². The van der Waals surface area contributed by atoms with Crippen LogP contribution in [-0.2, 0) is 4.74 Å². The smallest absolute Gasteiger partial charge is 0.319 e. The first-order chi connectivity index (χ1) is 13.3. The molecule has 1 saturated heterocycles. The molecule has 1 aromatic carbocycles. The number of aromatic nitrogens is 2. The van der Waals surface area contributed by atoms with Gasteiger partial charge in [-0.3, -0.25) is 9.88 Å². The number of urea groups is 1. The lowest BCUT2D eigenvalue weighted by Crippen LogP contribution is -2.44. The van der Waals surface area contributed by atoms with E-state index in [2.05, 4.69) is 25.5 Å². The highest BCUT2D eigenvalue weighted by Gasteiger charge is 2.24. The van der Waals surface area contributed by atoms with Crippen LogP contribution in [-0.4, -0.2) is 53.7 Å². The van der Waals surface area contributed by atoms with Crippen molar-refractivity contribution in [2.45, 2.75) is 6.04 Å². The summed E-state index contributed by atoms with van der Waals surface area (Å²) in [7, 11) is 0. The quantitative estimate of drug-likeness (QED) is 0.708. The first-order valence-corrected chi connectivity index (χ1v) is 9.78. The summed E-state index contributed by atoms with van der Waals surface area (Å²) in [4.78, 5) is 23.4. The number of fused-ring (bicyclic) bond motifs is 1. The van der Waals surface area contributed by atoms with Crippen LogP contribution in [0.3, 0.4) is 0 Å². The standard InChI is InChI=1S/C19H21N5O2S/c25-19(23-14-4-5-16-18(11-14)27-13-22-16)21-12-17(15-3-1-2-6-20-15)24-7-9-26-10-8-24/h1-6,11,13,17H,7-10,12H2,(H2,21,23,25). The van der Waals surface area contributed by atoms with Crippen LogP contribution in [0, 0.1) is 0 Å². The highest BCUT2D eigenvalue weighted by atomic mass is 32.1. The molecule has 3 heterocycles. The van der Waals surface area contributed by atoms with Crippen LogP contribution in [0.15, 0.2) is 48.1 Å². The molecule has 0 aliphatic carbocycles. The largest absolute Gasteiger partial charge is 0.379 e. The minimum Gasteiger partial charge on any atom is -0.379 e. The van der Waals surface area contributed by atoms with Gasteiger partial charge in [-0.15, -0.1) is 11.3 Å². The molecule has 0 bridgehead atoms. The zero-order valence-electron chi connectivity index (χ0n) is 14.8. The summed E-state index contributed by atoms with van der Waals surface area (Å²) in [6.45, 7) is 3.53. The number of morpholine rings is 1. The Kier molecular flexibility index (Phi) is 5.57. The number of hydrogen-bond acceptors (Lipinski definition) is 6. The lowest BCUT2D eigenvalue weighted by molar-refractivity contribution is 0.0159. The fourth-order valence-electron chi connectivity index (χ4n) is 3.18. The SMILES string of the molecule is O=C(NCC(c1ccccn1)N1CCOCC1)Nc1ccc2ncsc2c1. The van der Waals surface area contributed by atoms with Gasteiger partial charge in [-0.05, 0) is 30.3 Å². The molecule has 4 rings (SSSR count). The summed E-state index contributed by atoms with van der Waals surface area (Å²) < 4.78 is 6.50. The highest BCUT2D eigenvalue weighted by molar-refractivity contribution is 7.16. The molecule has 1 aliphatic heterocycles. The van der Waals surface area contributed by atoms with E-state index in [4.69, 9.17) is 4.74 Å². The third kappa shape index (κ3) is 4.41. The third-order valence-corrected chi connectivity index (χ3v) is 5.35. The molecule has 2 aromatic heterocycles. The Balaban J connectivity index is 1.41. The van der Waals surface area contributed by atoms with Crippen LogP contribution in [0.25, 0.3) is 10.2 Å². The lowest BCUT2D eigenvalue weighted by Gasteiger charge is -2.34. The summed E-state index contributed by atoms with van der Waals surface area (Å²) in [5.41, 5.74) is 4.44. The van der Waals surface area contributed by atoms with Gasteiger partial charge in [0.1, 0.15) is 0 Å². The topological polar surface area (TPSA) is 79.4 Å². The van der Waals surface area contributed by atoms with E-state index in [1.54, 1.807) is 23.0 Å². The number of amides is 2. The number of pyridine rings is 1. The van der Waals surface area contributed by atoms with Gasteiger partial charge in [-0.1, -0.05) is 6.07 Å². The fourth-order valence-corrected chi connectivity index (χ4v) is 3.90. The average molecular weight is 383 g/mol. The van der Waals surface area contributed by atoms with Crippen molar-refractivity contribution < 1.29 is 9.53 Å². The Morgan fingerprint density at radius 3 is 2.93 bits per heavy atom. The van der Waals surface area contributed by atoms with Crippen molar-refractivity contribution in [2.75, 3.05) is 38.2 Å². The van der Waals surface area contributed by atoms with Crippen molar-refractivity contribution in [2.24, 2.45) is 0 Å². The molecule has 7 nitrogen and oxygen atoms in total. The molecule has 1 aliphatic rings. The fraction of sp³-hybridized carbons (Fsp3) is 0.316. The second kappa shape index (κ2) is 8.43. The number of carbonyl (C=O) groups excluding carboxylic acids is 1. The molecule has 1 fully saturated rings. The molecule has 8 heteroatoms. The maximum absolute atomic E-state index is 12.4. The molecule has 3 aromatic rings. The Morgan fingerprint density at radius 2 is 2.11 bits per heavy atom. The Hall–Kier alpha value is -2.55. The number of nitrogens with one attached hydrogen (secondary N) is 2. The van der Waals surface area contributed by atoms with Crippen LogP contribution in [0.5, 0.6) is 0 Å². The van der Waals surface area contributed by atoms with Crippen molar-refractivity contribution in [1.29, 1.82) is 0 Å². The molecular formula is C19H21N5O2S. The van der Waals surface area contributed by atoms with E-state index < -0.39 is 0 Å². The van der Waals surface area contributed by atoms with E-state index in [-0.39, 0.29) is 12.1 Å². The Morgan fingerprint density at radius 1 is 1.22 bits per heavy atom. The Labute approximate surface area is 161 Å². The molecule has 1 atom stereocenters. The van der Waals surface area contributed by atoms with Gasteiger partial charge >= 0.3 is 6.03 Å². The van der Waals surface area contributed by atoms with E-state index >= 15 is 0 Å². The molecule has 27 heavy (non-hydrogen) atoms. The number of thiazole rings is 1. The average Bonchev–Trinajstić information content (AvgIpc) is 3.18. The van der Waals surface area contributed by atoms with Crippen LogP contribution in [0.2, 0.25) is 0 Å². The summed E-state index contributed by atoms with van der Waals surface area (Å²) in [6.07, 6.45) is 1.78. The number of carbonyl (C=O) groups is 1. The number of anilines is 1. The van der Waals surface area contributed by atoms with Gasteiger partial charge in [-0.25, -0.2) is 9.78 Å². The monoisotopic (exact) mass is 383 g/mol. The minimum absolute atomic E-state index is 0.0184. The third-order valence-electron chi connectivity index (χ3n) is 4.56. The van der Waals surface area contributed by atoms with Crippen LogP contribution in [0.1, 0.15) is 11.7 Å². The van der Waals surface area contributed by atoms with E-state index in [1.807, 2.05) is 36.4 Å². The number of rotatable bonds is 5. The van der Waals surface area contributed by atoms with Crippen molar-refractivity contribution >= 4 is 33.3 Å². The molecule has 2 N–H and O–H groups in total. The maximum atomic E-state index is 12.4. The van der Waals surface area contributed by atoms with Crippen LogP contribution in [0.4, 0.5) is 10.5 Å². The normalized spacial score (nSPS) is 16.1. The predicted octanol–water partition coefficient (Wildman–Crippen LogP) is 2.89. The number of nitrogens with zero attached hydrogens (tertiary/aromatic N) is 3. The lowest BCUT2D eigenvalue weighted by atomic mass is 10.1. The summed E-state index contributed by atoms with van der Waals surface area (Å²) in [5, 5.41) is 5.88. The van der Waals surface area contributed by atoms with Crippen LogP contribution < -0.4 is 10.6 Å². The molecule has 2 amide bonds. The van der Waals surface area contributed by atoms with Gasteiger partial charge in [0.25, 0.3) is 0 Å². The molecule has 0 spiro atoms. The molecular weight excluding hydrogens is 362 g/mol. The van der Waals surface area contributed by atoms with Gasteiger partial charge in [-0.2, -0.15) is 0 Å². The number of hydrogen-bond donors (Lipinski definition) is 2. The van der Waals surface area contributed by atoms with Crippen molar-refractivity contribution in [3.8, 4) is 0 Å². The highest BCUT2D eigenvalue weighted by Crippen LogP contribution is 2.22. The Bertz CT molecular complexity index is 895. The summed E-state index contributed by atoms with van der Waals surface area (Å²) >= 11 is 1.55. The van der Waals surface area contributed by atoms with E-state index in [0.29, 0.717) is 19.8 Å². The van der Waals surface area contributed by atoms with Crippen molar-refractivity contribution in [3.05, 3.63) is 53.8 Å². The zero-order chi connectivity index (χ0) is 18.5. The molecule has 140 valence electrons. The summed E-state index contributed by atoms with van der Waals surface area (Å²) in [5.74, 6) is 0. The number of ether oxygens (including phenoxy) is 1. The van der Waals surface area contributed by atoms with Gasteiger partial charge in [0.15, 0.2) is 0 Å². The van der Waals surface area contributed by atoms with E-state index in [9.17, 15) is 4.79 Å². The van der Waals surface area contributed by atoms with Gasteiger partial charge in [0.2, 0.25) is 0 Å². The predicted molar refractivity (Wildman–Crippen MR) is 106 cm³/mol. The van der Waals surface area contributed by atoms with Gasteiger partial charge in [0, 0.05) is 31.5 Å². The first-order valence-electron chi connectivity index (χ1n) is 8.90. The van der Waals surface area contributed by atoms with Crippen molar-refractivity contribution in [1.82, 2.24) is 20.2 Å². The number of benzene rings is 1. The minimum atomic E-state index is -0.229. The van der Waals surface area contributed by atoms with Crippen LogP contribution >= 0.6 is 11.3 Å². The van der Waals surface area contributed by atoms with Gasteiger partial charge < -0.3 is 15.4 Å². The van der Waals surface area contributed by atoms with Crippen molar-refractivity contribution in [3.63, 3.8) is 0 Å². The molecule has 1 unspecified atom stereocenters. The summed E-state index contributed by atoms with van der Waals surface area (Å²) in [6, 6.07) is 11.4. The van der Waals surface area contributed by atoms with Gasteiger partial charge in [0.05, 0.1) is 40.7 Å².